The molecule has 0 saturated carbocycles. The number of nitrogens with zero attached hydrogens (tertiary/aromatic N) is 4. The summed E-state index contributed by atoms with van der Waals surface area (Å²) in [6.45, 7) is 4.96. The van der Waals surface area contributed by atoms with Gasteiger partial charge in [-0.2, -0.15) is 5.10 Å². The van der Waals surface area contributed by atoms with E-state index in [0.717, 1.165) is 41.5 Å². The van der Waals surface area contributed by atoms with Crippen LogP contribution in [0.5, 0.6) is 11.5 Å². The molecule has 1 saturated heterocycles. The Morgan fingerprint density at radius 1 is 1.15 bits per heavy atom. The Morgan fingerprint density at radius 2 is 1.97 bits per heavy atom. The maximum atomic E-state index is 12.2. The zero-order chi connectivity index (χ0) is 23.7. The summed E-state index contributed by atoms with van der Waals surface area (Å²) >= 11 is 12.4. The number of pyridine rings is 1. The Balaban J connectivity index is 1.50. The Bertz CT molecular complexity index is 1370. The summed E-state index contributed by atoms with van der Waals surface area (Å²) in [5.41, 5.74) is 2.81. The van der Waals surface area contributed by atoms with E-state index in [9.17, 15) is 4.79 Å². The summed E-state index contributed by atoms with van der Waals surface area (Å²) in [4.78, 5) is 18.4. The lowest BCUT2D eigenvalue weighted by molar-refractivity contribution is -0.127. The van der Waals surface area contributed by atoms with Gasteiger partial charge in [-0.25, -0.2) is 0 Å². The van der Waals surface area contributed by atoms with Crippen LogP contribution in [0.2, 0.25) is 10.0 Å². The number of benzene rings is 2. The smallest absolute Gasteiger partial charge is 0.246 e. The highest BCUT2D eigenvalue weighted by molar-refractivity contribution is 6.42. The average Bonchev–Trinajstić information content (AvgIpc) is 3.26. The van der Waals surface area contributed by atoms with Gasteiger partial charge in [0.15, 0.2) is 0 Å². The van der Waals surface area contributed by atoms with E-state index in [1.807, 2.05) is 46.1 Å². The van der Waals surface area contributed by atoms with Crippen LogP contribution in [0.3, 0.4) is 0 Å². The number of hydrogen-bond acceptors (Lipinski definition) is 4. The van der Waals surface area contributed by atoms with Crippen LogP contribution in [0.4, 0.5) is 0 Å². The van der Waals surface area contributed by atoms with E-state index >= 15 is 0 Å². The first-order chi connectivity index (χ1) is 16.5. The molecule has 1 atom stereocenters. The van der Waals surface area contributed by atoms with Crippen molar-refractivity contribution >= 4 is 40.0 Å². The average molecular weight is 493 g/mol. The van der Waals surface area contributed by atoms with Gasteiger partial charge in [0.1, 0.15) is 16.5 Å². The molecule has 6 nitrogen and oxygen atoms in total. The molecule has 8 heteroatoms. The zero-order valence-electron chi connectivity index (χ0n) is 18.3. The predicted octanol–water partition coefficient (Wildman–Crippen LogP) is 6.55. The predicted molar refractivity (Wildman–Crippen MR) is 135 cm³/mol. The van der Waals surface area contributed by atoms with Crippen molar-refractivity contribution in [2.45, 2.75) is 18.9 Å². The third-order valence-electron chi connectivity index (χ3n) is 6.00. The number of fused-ring (bicyclic) bond motifs is 1. The third kappa shape index (κ3) is 4.27. The zero-order valence-corrected chi connectivity index (χ0v) is 19.8. The standard InChI is InChI=1S/C26H22Cl2N4O2/c1-2-24(33)31-14-4-5-18(16-31)32-26(20-15-29-13-12-22(20)30-32)17-8-10-19(11-9-17)34-23-7-3-6-21(27)25(23)28/h2-3,6-13,15,18H,1,4-5,14,16H2. The van der Waals surface area contributed by atoms with Crippen molar-refractivity contribution in [3.63, 3.8) is 0 Å². The van der Waals surface area contributed by atoms with Crippen molar-refractivity contribution in [1.29, 1.82) is 0 Å². The van der Waals surface area contributed by atoms with Gasteiger partial charge >= 0.3 is 0 Å². The number of carbonyl (C=O) groups is 1. The van der Waals surface area contributed by atoms with Crippen LogP contribution in [0, 0.1) is 0 Å². The number of amides is 1. The fourth-order valence-corrected chi connectivity index (χ4v) is 4.68. The van der Waals surface area contributed by atoms with Gasteiger partial charge in [-0.1, -0.05) is 35.8 Å². The van der Waals surface area contributed by atoms with Crippen LogP contribution in [0.15, 0.2) is 73.6 Å². The van der Waals surface area contributed by atoms with Crippen molar-refractivity contribution in [3.8, 4) is 22.8 Å². The number of ether oxygens (including phenoxy) is 1. The van der Waals surface area contributed by atoms with E-state index in [0.29, 0.717) is 28.1 Å². The second kappa shape index (κ2) is 9.49. The number of piperidine rings is 1. The monoisotopic (exact) mass is 492 g/mol. The third-order valence-corrected chi connectivity index (χ3v) is 6.80. The van der Waals surface area contributed by atoms with Gasteiger partial charge in [0.2, 0.25) is 5.91 Å². The van der Waals surface area contributed by atoms with Gasteiger partial charge in [0, 0.05) is 36.4 Å². The van der Waals surface area contributed by atoms with E-state index in [2.05, 4.69) is 11.6 Å². The van der Waals surface area contributed by atoms with E-state index in [-0.39, 0.29) is 11.9 Å². The lowest BCUT2D eigenvalue weighted by Gasteiger charge is -2.33. The van der Waals surface area contributed by atoms with Crippen LogP contribution < -0.4 is 4.74 Å². The molecule has 1 fully saturated rings. The molecule has 0 spiro atoms. The summed E-state index contributed by atoms with van der Waals surface area (Å²) in [7, 11) is 0. The first-order valence-electron chi connectivity index (χ1n) is 11.0. The number of halogens is 2. The summed E-state index contributed by atoms with van der Waals surface area (Å²) in [6, 6.07) is 15.0. The number of carbonyl (C=O) groups excluding carboxylic acids is 1. The highest BCUT2D eigenvalue weighted by atomic mass is 35.5. The van der Waals surface area contributed by atoms with E-state index in [1.165, 1.54) is 6.08 Å². The Hall–Kier alpha value is -3.35. The first kappa shape index (κ1) is 22.4. The second-order valence-corrected chi connectivity index (χ2v) is 8.93. The van der Waals surface area contributed by atoms with Crippen molar-refractivity contribution in [3.05, 3.63) is 83.6 Å². The van der Waals surface area contributed by atoms with Gasteiger partial charge in [0.05, 0.1) is 22.3 Å². The molecule has 34 heavy (non-hydrogen) atoms. The van der Waals surface area contributed by atoms with Gasteiger partial charge in [-0.05, 0) is 61.4 Å². The van der Waals surface area contributed by atoms with E-state index in [4.69, 9.17) is 33.0 Å². The minimum atomic E-state index is -0.0502. The van der Waals surface area contributed by atoms with Gasteiger partial charge in [-0.15, -0.1) is 0 Å². The van der Waals surface area contributed by atoms with Crippen LogP contribution >= 0.6 is 23.2 Å². The molecular formula is C26H22Cl2N4O2. The molecule has 2 aromatic carbocycles. The van der Waals surface area contributed by atoms with E-state index in [1.54, 1.807) is 24.4 Å². The molecule has 0 N–H and O–H groups in total. The summed E-state index contributed by atoms with van der Waals surface area (Å²) in [5, 5.41) is 6.67. The highest BCUT2D eigenvalue weighted by Crippen LogP contribution is 2.37. The van der Waals surface area contributed by atoms with E-state index < -0.39 is 0 Å². The summed E-state index contributed by atoms with van der Waals surface area (Å²) in [6.07, 6.45) is 6.79. The SMILES string of the molecule is C=CC(=O)N1CCCC(n2nc3ccncc3c2-c2ccc(Oc3cccc(Cl)c3Cl)cc2)C1. The van der Waals surface area contributed by atoms with Crippen LogP contribution in [-0.2, 0) is 4.79 Å². The summed E-state index contributed by atoms with van der Waals surface area (Å²) < 4.78 is 7.98. The molecule has 1 aliphatic rings. The highest BCUT2D eigenvalue weighted by Gasteiger charge is 2.27. The molecule has 0 aliphatic carbocycles. The van der Waals surface area contributed by atoms with Gasteiger partial charge < -0.3 is 9.64 Å². The fourth-order valence-electron chi connectivity index (χ4n) is 4.35. The molecule has 1 unspecified atom stereocenters. The molecule has 0 bridgehead atoms. The van der Waals surface area contributed by atoms with Crippen molar-refractivity contribution in [2.75, 3.05) is 13.1 Å². The molecule has 172 valence electrons. The number of rotatable bonds is 5. The maximum absolute atomic E-state index is 12.2. The molecule has 4 aromatic rings. The molecule has 0 radical (unpaired) electrons. The Morgan fingerprint density at radius 3 is 2.76 bits per heavy atom. The lowest BCUT2D eigenvalue weighted by Crippen LogP contribution is -2.40. The molecule has 5 rings (SSSR count). The fraction of sp³-hybridized carbons (Fsp3) is 0.192. The van der Waals surface area contributed by atoms with Crippen molar-refractivity contribution < 1.29 is 9.53 Å². The maximum Gasteiger partial charge on any atom is 0.246 e. The number of aromatic nitrogens is 3. The van der Waals surface area contributed by atoms with Crippen molar-refractivity contribution in [2.24, 2.45) is 0 Å². The van der Waals surface area contributed by atoms with Crippen LogP contribution in [-0.4, -0.2) is 38.7 Å². The van der Waals surface area contributed by atoms with Gasteiger partial charge in [-0.3, -0.25) is 14.5 Å². The molecular weight excluding hydrogens is 471 g/mol. The normalized spacial score (nSPS) is 15.9. The topological polar surface area (TPSA) is 60.2 Å². The first-order valence-corrected chi connectivity index (χ1v) is 11.8. The Labute approximate surface area is 207 Å². The largest absolute Gasteiger partial charge is 0.456 e. The minimum absolute atomic E-state index is 0.0502. The number of hydrogen-bond donors (Lipinski definition) is 0. The van der Waals surface area contributed by atoms with Crippen LogP contribution in [0.25, 0.3) is 22.2 Å². The quantitative estimate of drug-likeness (QED) is 0.296. The van der Waals surface area contributed by atoms with Crippen LogP contribution in [0.1, 0.15) is 18.9 Å². The van der Waals surface area contributed by atoms with Gasteiger partial charge in [0.25, 0.3) is 0 Å². The second-order valence-electron chi connectivity index (χ2n) is 8.15. The summed E-state index contributed by atoms with van der Waals surface area (Å²) in [5.74, 6) is 1.09. The molecule has 2 aromatic heterocycles. The number of likely N-dealkylation sites (tertiary alicyclic amines) is 1. The Kier molecular flexibility index (Phi) is 6.26. The van der Waals surface area contributed by atoms with Crippen molar-refractivity contribution in [1.82, 2.24) is 19.7 Å². The molecule has 1 aliphatic heterocycles. The lowest BCUT2D eigenvalue weighted by atomic mass is 10.0. The minimum Gasteiger partial charge on any atom is -0.456 e. The molecule has 1 amide bonds. The molecule has 3 heterocycles.